The first-order chi connectivity index (χ1) is 8.06. The van der Waals surface area contributed by atoms with Crippen molar-refractivity contribution in [2.45, 2.75) is 30.7 Å². The van der Waals surface area contributed by atoms with E-state index in [-0.39, 0.29) is 0 Å². The van der Waals surface area contributed by atoms with Gasteiger partial charge in [-0.15, -0.1) is 0 Å². The molecule has 2 nitrogen and oxygen atoms in total. The van der Waals surface area contributed by atoms with Gasteiger partial charge in [-0.25, -0.2) is 4.98 Å². The number of hydrogen-bond donors (Lipinski definition) is 1. The average molecular weight is 244 g/mol. The molecule has 0 unspecified atom stereocenters. The predicted molar refractivity (Wildman–Crippen MR) is 73.4 cm³/mol. The lowest BCUT2D eigenvalue weighted by Crippen LogP contribution is -1.91. The van der Waals surface area contributed by atoms with Crippen LogP contribution in [0.4, 0.5) is 5.69 Å². The van der Waals surface area contributed by atoms with E-state index in [9.17, 15) is 0 Å². The highest BCUT2D eigenvalue weighted by Gasteiger charge is 2.06. The quantitative estimate of drug-likeness (QED) is 0.874. The maximum atomic E-state index is 5.70. The van der Waals surface area contributed by atoms with Crippen molar-refractivity contribution in [2.24, 2.45) is 0 Å². The molecule has 0 atom stereocenters. The Morgan fingerprint density at radius 3 is 2.53 bits per heavy atom. The number of aromatic nitrogens is 1. The van der Waals surface area contributed by atoms with Crippen LogP contribution in [-0.4, -0.2) is 4.98 Å². The molecule has 3 heteroatoms. The topological polar surface area (TPSA) is 38.9 Å². The number of anilines is 1. The molecule has 0 aliphatic heterocycles. The summed E-state index contributed by atoms with van der Waals surface area (Å²) in [5.41, 5.74) is 10.1. The van der Waals surface area contributed by atoms with Gasteiger partial charge in [0.15, 0.2) is 0 Å². The molecule has 0 radical (unpaired) electrons. The number of nitrogens with two attached hydrogens (primary N) is 1. The van der Waals surface area contributed by atoms with Gasteiger partial charge in [0, 0.05) is 4.90 Å². The SMILES string of the molecule is Cc1ccc(C)c(Sc2ncc(N)cc2C)c1. The van der Waals surface area contributed by atoms with Crippen LogP contribution in [0, 0.1) is 20.8 Å². The Bertz CT molecular complexity index is 550. The number of pyridine rings is 1. The summed E-state index contributed by atoms with van der Waals surface area (Å²) in [5, 5.41) is 1.02. The lowest BCUT2D eigenvalue weighted by molar-refractivity contribution is 1.08. The molecule has 0 amide bonds. The number of benzene rings is 1. The van der Waals surface area contributed by atoms with Gasteiger partial charge in [-0.1, -0.05) is 23.9 Å². The summed E-state index contributed by atoms with van der Waals surface area (Å²) in [6, 6.07) is 8.42. The van der Waals surface area contributed by atoms with E-state index in [1.165, 1.54) is 16.0 Å². The molecule has 1 aromatic carbocycles. The van der Waals surface area contributed by atoms with Crippen LogP contribution in [0.15, 0.2) is 40.4 Å². The molecule has 17 heavy (non-hydrogen) atoms. The van der Waals surface area contributed by atoms with Gasteiger partial charge in [0.2, 0.25) is 0 Å². The van der Waals surface area contributed by atoms with Crippen LogP contribution in [0.5, 0.6) is 0 Å². The molecule has 1 heterocycles. The molecule has 0 aliphatic rings. The second kappa shape index (κ2) is 4.80. The Morgan fingerprint density at radius 1 is 1.06 bits per heavy atom. The monoisotopic (exact) mass is 244 g/mol. The van der Waals surface area contributed by atoms with Crippen molar-refractivity contribution in [2.75, 3.05) is 5.73 Å². The number of nitrogens with zero attached hydrogens (tertiary/aromatic N) is 1. The highest BCUT2D eigenvalue weighted by molar-refractivity contribution is 7.99. The van der Waals surface area contributed by atoms with Crippen molar-refractivity contribution in [1.82, 2.24) is 4.98 Å². The molecule has 0 spiro atoms. The summed E-state index contributed by atoms with van der Waals surface area (Å²) in [4.78, 5) is 5.64. The van der Waals surface area contributed by atoms with Gasteiger partial charge in [-0.2, -0.15) is 0 Å². The summed E-state index contributed by atoms with van der Waals surface area (Å²) >= 11 is 1.70. The molecule has 1 aromatic heterocycles. The normalized spacial score (nSPS) is 10.5. The van der Waals surface area contributed by atoms with Gasteiger partial charge in [-0.3, -0.25) is 0 Å². The number of hydrogen-bond acceptors (Lipinski definition) is 3. The fraction of sp³-hybridized carbons (Fsp3) is 0.214. The van der Waals surface area contributed by atoms with Crippen molar-refractivity contribution in [1.29, 1.82) is 0 Å². The lowest BCUT2D eigenvalue weighted by Gasteiger charge is -2.08. The standard InChI is InChI=1S/C14H16N2S/c1-9-4-5-10(2)13(6-9)17-14-11(3)7-12(15)8-16-14/h4-8H,15H2,1-3H3. The molecule has 0 bridgehead atoms. The highest BCUT2D eigenvalue weighted by Crippen LogP contribution is 2.31. The van der Waals surface area contributed by atoms with Gasteiger partial charge in [0.25, 0.3) is 0 Å². The zero-order chi connectivity index (χ0) is 12.4. The van der Waals surface area contributed by atoms with Crippen LogP contribution in [0.1, 0.15) is 16.7 Å². The largest absolute Gasteiger partial charge is 0.397 e. The highest BCUT2D eigenvalue weighted by atomic mass is 32.2. The third-order valence-electron chi connectivity index (χ3n) is 2.60. The first-order valence-corrected chi connectivity index (χ1v) is 6.35. The van der Waals surface area contributed by atoms with E-state index in [1.54, 1.807) is 18.0 Å². The van der Waals surface area contributed by atoms with Crippen molar-refractivity contribution in [3.8, 4) is 0 Å². The van der Waals surface area contributed by atoms with E-state index in [0.717, 1.165) is 10.6 Å². The van der Waals surface area contributed by atoms with Crippen LogP contribution in [0.2, 0.25) is 0 Å². The molecule has 2 rings (SSSR count). The molecule has 2 aromatic rings. The van der Waals surface area contributed by atoms with E-state index in [0.29, 0.717) is 5.69 Å². The fourth-order valence-electron chi connectivity index (χ4n) is 1.61. The Morgan fingerprint density at radius 2 is 1.82 bits per heavy atom. The number of aryl methyl sites for hydroxylation is 3. The van der Waals surface area contributed by atoms with E-state index in [2.05, 4.69) is 37.0 Å². The minimum absolute atomic E-state index is 0.716. The summed E-state index contributed by atoms with van der Waals surface area (Å²) in [5.74, 6) is 0. The Balaban J connectivity index is 2.34. The Hall–Kier alpha value is -1.48. The molecular weight excluding hydrogens is 228 g/mol. The third kappa shape index (κ3) is 2.80. The lowest BCUT2D eigenvalue weighted by atomic mass is 10.2. The maximum Gasteiger partial charge on any atom is 0.104 e. The summed E-state index contributed by atoms with van der Waals surface area (Å²) < 4.78 is 0. The summed E-state index contributed by atoms with van der Waals surface area (Å²) in [6.07, 6.45) is 1.71. The van der Waals surface area contributed by atoms with Crippen LogP contribution < -0.4 is 5.73 Å². The maximum absolute atomic E-state index is 5.70. The predicted octanol–water partition coefficient (Wildman–Crippen LogP) is 3.74. The number of rotatable bonds is 2. The zero-order valence-electron chi connectivity index (χ0n) is 10.3. The first kappa shape index (κ1) is 12.0. The van der Waals surface area contributed by atoms with E-state index >= 15 is 0 Å². The van der Waals surface area contributed by atoms with Gasteiger partial charge in [-0.05, 0) is 49.6 Å². The Kier molecular flexibility index (Phi) is 3.38. The summed E-state index contributed by atoms with van der Waals surface area (Å²) in [6.45, 7) is 6.26. The van der Waals surface area contributed by atoms with Crippen LogP contribution >= 0.6 is 11.8 Å². The van der Waals surface area contributed by atoms with Gasteiger partial charge in [0.05, 0.1) is 11.9 Å². The molecule has 0 saturated heterocycles. The molecule has 0 saturated carbocycles. The number of nitrogen functional groups attached to an aromatic ring is 1. The molecule has 0 fully saturated rings. The van der Waals surface area contributed by atoms with Crippen molar-refractivity contribution < 1.29 is 0 Å². The third-order valence-corrected chi connectivity index (χ3v) is 3.88. The smallest absolute Gasteiger partial charge is 0.104 e. The van der Waals surface area contributed by atoms with Gasteiger partial charge >= 0.3 is 0 Å². The van der Waals surface area contributed by atoms with E-state index in [4.69, 9.17) is 5.73 Å². The molecule has 2 N–H and O–H groups in total. The summed E-state index contributed by atoms with van der Waals surface area (Å²) in [7, 11) is 0. The average Bonchev–Trinajstić information content (AvgIpc) is 2.27. The Labute approximate surface area is 106 Å². The van der Waals surface area contributed by atoms with Crippen LogP contribution in [0.3, 0.4) is 0 Å². The minimum atomic E-state index is 0.716. The van der Waals surface area contributed by atoms with Crippen molar-refractivity contribution >= 4 is 17.4 Å². The van der Waals surface area contributed by atoms with E-state index in [1.807, 2.05) is 13.0 Å². The van der Waals surface area contributed by atoms with Crippen molar-refractivity contribution in [3.05, 3.63) is 47.2 Å². The van der Waals surface area contributed by atoms with Gasteiger partial charge < -0.3 is 5.73 Å². The second-order valence-electron chi connectivity index (χ2n) is 4.26. The van der Waals surface area contributed by atoms with Crippen LogP contribution in [0.25, 0.3) is 0 Å². The van der Waals surface area contributed by atoms with E-state index < -0.39 is 0 Å². The molecular formula is C14H16N2S. The van der Waals surface area contributed by atoms with Crippen molar-refractivity contribution in [3.63, 3.8) is 0 Å². The van der Waals surface area contributed by atoms with Gasteiger partial charge in [0.1, 0.15) is 5.03 Å². The molecule has 0 aliphatic carbocycles. The fourth-order valence-corrected chi connectivity index (χ4v) is 2.62. The first-order valence-electron chi connectivity index (χ1n) is 5.53. The zero-order valence-corrected chi connectivity index (χ0v) is 11.1. The minimum Gasteiger partial charge on any atom is -0.397 e. The molecule has 88 valence electrons. The van der Waals surface area contributed by atoms with Crippen LogP contribution in [-0.2, 0) is 0 Å². The second-order valence-corrected chi connectivity index (χ2v) is 5.29.